The second-order valence-corrected chi connectivity index (χ2v) is 7.01. The number of rotatable bonds is 2. The maximum absolute atomic E-state index is 12.7. The van der Waals surface area contributed by atoms with E-state index in [9.17, 15) is 9.59 Å². The number of piperidine rings is 1. The number of nitrogens with zero attached hydrogens (tertiary/aromatic N) is 2. The van der Waals surface area contributed by atoms with Gasteiger partial charge in [-0.25, -0.2) is 0 Å². The highest BCUT2D eigenvalue weighted by Crippen LogP contribution is 2.38. The Morgan fingerprint density at radius 2 is 2.00 bits per heavy atom. The molecule has 0 spiro atoms. The SMILES string of the molecule is CC1CC(C)CN(C(=O)CN2C(=O)COc3c(Cl)cccc32)C1. The third-order valence-corrected chi connectivity index (χ3v) is 4.69. The number of carbonyl (C=O) groups is 2. The Bertz CT molecular complexity index is 624. The Morgan fingerprint density at radius 1 is 1.30 bits per heavy atom. The first-order chi connectivity index (χ1) is 11.0. The fraction of sp³-hybridized carbons (Fsp3) is 0.529. The fourth-order valence-electron chi connectivity index (χ4n) is 3.47. The molecule has 1 fully saturated rings. The Labute approximate surface area is 141 Å². The van der Waals surface area contributed by atoms with Gasteiger partial charge in [-0.05, 0) is 30.4 Å². The third kappa shape index (κ3) is 3.29. The maximum Gasteiger partial charge on any atom is 0.265 e. The monoisotopic (exact) mass is 336 g/mol. The van der Waals surface area contributed by atoms with E-state index in [2.05, 4.69) is 13.8 Å². The van der Waals surface area contributed by atoms with Crippen LogP contribution in [0.3, 0.4) is 0 Å². The van der Waals surface area contributed by atoms with Crippen LogP contribution in [0.25, 0.3) is 0 Å². The van der Waals surface area contributed by atoms with Crippen LogP contribution in [-0.2, 0) is 9.59 Å². The lowest BCUT2D eigenvalue weighted by Crippen LogP contribution is -2.50. The molecular formula is C17H21ClN2O3. The van der Waals surface area contributed by atoms with E-state index in [1.54, 1.807) is 18.2 Å². The summed E-state index contributed by atoms with van der Waals surface area (Å²) in [6.45, 7) is 5.77. The zero-order chi connectivity index (χ0) is 16.6. The normalized spacial score (nSPS) is 24.2. The van der Waals surface area contributed by atoms with Crippen molar-refractivity contribution < 1.29 is 14.3 Å². The van der Waals surface area contributed by atoms with Gasteiger partial charge in [-0.1, -0.05) is 31.5 Å². The Kier molecular flexibility index (Phi) is 4.48. The summed E-state index contributed by atoms with van der Waals surface area (Å²) in [6, 6.07) is 5.23. The molecule has 3 rings (SSSR count). The number of likely N-dealkylation sites (tertiary alicyclic amines) is 1. The molecule has 23 heavy (non-hydrogen) atoms. The molecule has 124 valence electrons. The molecule has 0 bridgehead atoms. The molecule has 2 amide bonds. The van der Waals surface area contributed by atoms with Gasteiger partial charge in [0.1, 0.15) is 6.54 Å². The molecule has 2 aliphatic rings. The molecule has 6 heteroatoms. The van der Waals surface area contributed by atoms with Gasteiger partial charge in [-0.2, -0.15) is 0 Å². The molecule has 1 aromatic rings. The molecule has 0 radical (unpaired) electrons. The van der Waals surface area contributed by atoms with E-state index in [1.165, 1.54) is 4.90 Å². The lowest BCUT2D eigenvalue weighted by molar-refractivity contribution is -0.134. The van der Waals surface area contributed by atoms with E-state index in [0.717, 1.165) is 19.5 Å². The maximum atomic E-state index is 12.7. The van der Waals surface area contributed by atoms with E-state index in [-0.39, 0.29) is 25.0 Å². The predicted molar refractivity (Wildman–Crippen MR) is 88.8 cm³/mol. The van der Waals surface area contributed by atoms with E-state index >= 15 is 0 Å². The van der Waals surface area contributed by atoms with Crippen molar-refractivity contribution in [2.45, 2.75) is 20.3 Å². The van der Waals surface area contributed by atoms with Crippen LogP contribution in [0.1, 0.15) is 20.3 Å². The standard InChI is InChI=1S/C17H21ClN2O3/c1-11-6-12(2)8-19(7-11)15(21)9-20-14-5-3-4-13(18)17(14)23-10-16(20)22/h3-5,11-12H,6-10H2,1-2H3. The summed E-state index contributed by atoms with van der Waals surface area (Å²) in [7, 11) is 0. The minimum absolute atomic E-state index is 0.0235. The van der Waals surface area contributed by atoms with Crippen LogP contribution in [0.15, 0.2) is 18.2 Å². The molecule has 1 saturated heterocycles. The molecule has 0 N–H and O–H groups in total. The van der Waals surface area contributed by atoms with Crippen LogP contribution >= 0.6 is 11.6 Å². The molecule has 2 aliphatic heterocycles. The van der Waals surface area contributed by atoms with Crippen molar-refractivity contribution in [2.75, 3.05) is 31.1 Å². The van der Waals surface area contributed by atoms with Crippen LogP contribution in [-0.4, -0.2) is 43.0 Å². The second kappa shape index (κ2) is 6.40. The van der Waals surface area contributed by atoms with Crippen molar-refractivity contribution in [3.63, 3.8) is 0 Å². The first-order valence-electron chi connectivity index (χ1n) is 7.95. The van der Waals surface area contributed by atoms with Crippen molar-refractivity contribution in [1.29, 1.82) is 0 Å². The average molecular weight is 337 g/mol. The minimum Gasteiger partial charge on any atom is -0.480 e. The number of amides is 2. The molecule has 1 aromatic carbocycles. The lowest BCUT2D eigenvalue weighted by atomic mass is 9.92. The molecule has 2 unspecified atom stereocenters. The van der Waals surface area contributed by atoms with Crippen molar-refractivity contribution in [3.05, 3.63) is 23.2 Å². The van der Waals surface area contributed by atoms with Crippen LogP contribution in [0, 0.1) is 11.8 Å². The number of para-hydroxylation sites is 1. The van der Waals surface area contributed by atoms with Crippen molar-refractivity contribution in [2.24, 2.45) is 11.8 Å². The van der Waals surface area contributed by atoms with Gasteiger partial charge in [-0.15, -0.1) is 0 Å². The van der Waals surface area contributed by atoms with Crippen LogP contribution in [0.4, 0.5) is 5.69 Å². The molecular weight excluding hydrogens is 316 g/mol. The number of ether oxygens (including phenoxy) is 1. The number of carbonyl (C=O) groups excluding carboxylic acids is 2. The molecule has 0 aromatic heterocycles. The van der Waals surface area contributed by atoms with E-state index < -0.39 is 0 Å². The van der Waals surface area contributed by atoms with E-state index in [1.807, 2.05) is 4.90 Å². The van der Waals surface area contributed by atoms with E-state index in [4.69, 9.17) is 16.3 Å². The average Bonchev–Trinajstić information content (AvgIpc) is 2.49. The molecule has 0 aliphatic carbocycles. The van der Waals surface area contributed by atoms with Gasteiger partial charge < -0.3 is 9.64 Å². The smallest absolute Gasteiger partial charge is 0.265 e. The Balaban J connectivity index is 1.78. The summed E-state index contributed by atoms with van der Waals surface area (Å²) in [5.74, 6) is 1.22. The minimum atomic E-state index is -0.216. The fourth-order valence-corrected chi connectivity index (χ4v) is 3.70. The zero-order valence-electron chi connectivity index (χ0n) is 13.4. The zero-order valence-corrected chi connectivity index (χ0v) is 14.2. The number of hydrogen-bond donors (Lipinski definition) is 0. The summed E-state index contributed by atoms with van der Waals surface area (Å²) >= 11 is 6.12. The molecule has 2 atom stereocenters. The van der Waals surface area contributed by atoms with Crippen LogP contribution in [0.2, 0.25) is 5.02 Å². The number of fused-ring (bicyclic) bond motifs is 1. The Morgan fingerprint density at radius 3 is 2.70 bits per heavy atom. The van der Waals surface area contributed by atoms with Crippen molar-refractivity contribution in [1.82, 2.24) is 4.90 Å². The van der Waals surface area contributed by atoms with Crippen molar-refractivity contribution in [3.8, 4) is 5.75 Å². The number of benzene rings is 1. The second-order valence-electron chi connectivity index (χ2n) is 6.60. The highest BCUT2D eigenvalue weighted by atomic mass is 35.5. The van der Waals surface area contributed by atoms with Crippen molar-refractivity contribution >= 4 is 29.1 Å². The van der Waals surface area contributed by atoms with Crippen LogP contribution < -0.4 is 9.64 Å². The summed E-state index contributed by atoms with van der Waals surface area (Å²) in [4.78, 5) is 28.2. The highest BCUT2D eigenvalue weighted by Gasteiger charge is 2.32. The summed E-state index contributed by atoms with van der Waals surface area (Å²) < 4.78 is 5.41. The third-order valence-electron chi connectivity index (χ3n) is 4.39. The van der Waals surface area contributed by atoms with Crippen LogP contribution in [0.5, 0.6) is 5.75 Å². The molecule has 5 nitrogen and oxygen atoms in total. The molecule has 2 heterocycles. The van der Waals surface area contributed by atoms with E-state index in [0.29, 0.717) is 28.3 Å². The number of anilines is 1. The first-order valence-corrected chi connectivity index (χ1v) is 8.33. The summed E-state index contributed by atoms with van der Waals surface area (Å²) in [5.41, 5.74) is 0.570. The summed E-state index contributed by atoms with van der Waals surface area (Å²) in [6.07, 6.45) is 1.14. The van der Waals surface area contributed by atoms with Gasteiger partial charge in [0.05, 0.1) is 10.7 Å². The topological polar surface area (TPSA) is 49.9 Å². The lowest BCUT2D eigenvalue weighted by Gasteiger charge is -2.37. The highest BCUT2D eigenvalue weighted by molar-refractivity contribution is 6.32. The van der Waals surface area contributed by atoms with Gasteiger partial charge in [0.25, 0.3) is 5.91 Å². The van der Waals surface area contributed by atoms with Gasteiger partial charge in [-0.3, -0.25) is 14.5 Å². The van der Waals surface area contributed by atoms with Gasteiger partial charge in [0.2, 0.25) is 5.91 Å². The van der Waals surface area contributed by atoms with Gasteiger partial charge in [0.15, 0.2) is 12.4 Å². The van der Waals surface area contributed by atoms with Gasteiger partial charge in [0, 0.05) is 13.1 Å². The number of hydrogen-bond acceptors (Lipinski definition) is 3. The summed E-state index contributed by atoms with van der Waals surface area (Å²) in [5, 5.41) is 0.452. The Hall–Kier alpha value is -1.75. The quantitative estimate of drug-likeness (QED) is 0.834. The van der Waals surface area contributed by atoms with Gasteiger partial charge >= 0.3 is 0 Å². The number of halogens is 1. The first kappa shape index (κ1) is 16.1. The molecule has 0 saturated carbocycles. The predicted octanol–water partition coefficient (Wildman–Crippen LogP) is 2.57. The largest absolute Gasteiger partial charge is 0.480 e.